The first-order valence-electron chi connectivity index (χ1n) is 4.16. The van der Waals surface area contributed by atoms with E-state index in [2.05, 4.69) is 0 Å². The van der Waals surface area contributed by atoms with E-state index in [-0.39, 0.29) is 11.7 Å². The van der Waals surface area contributed by atoms with E-state index in [4.69, 9.17) is 4.74 Å². The lowest BCUT2D eigenvalue weighted by molar-refractivity contribution is -0.182. The van der Waals surface area contributed by atoms with E-state index in [1.807, 2.05) is 0 Å². The zero-order valence-electron chi connectivity index (χ0n) is 6.42. The van der Waals surface area contributed by atoms with Crippen LogP contribution in [0, 0.1) is 0 Å². The molecule has 2 rings (SSSR count). The molecule has 2 aliphatic rings. The van der Waals surface area contributed by atoms with Crippen LogP contribution in [0.1, 0.15) is 25.7 Å². The lowest BCUT2D eigenvalue weighted by atomic mass is 9.73. The first-order valence-corrected chi connectivity index (χ1v) is 4.16. The molecule has 0 aromatic heterocycles. The Balaban J connectivity index is 1.93. The van der Waals surface area contributed by atoms with Gasteiger partial charge < -0.3 is 9.84 Å². The van der Waals surface area contributed by atoms with E-state index >= 15 is 0 Å². The number of ether oxygens (including phenoxy) is 1. The molecule has 1 aliphatic heterocycles. The van der Waals surface area contributed by atoms with Gasteiger partial charge in [0.25, 0.3) is 0 Å². The molecule has 0 aromatic carbocycles. The third-order valence-electron chi connectivity index (χ3n) is 2.65. The molecule has 1 aliphatic carbocycles. The van der Waals surface area contributed by atoms with Gasteiger partial charge in [0.1, 0.15) is 6.17 Å². The second-order valence-electron chi connectivity index (χ2n) is 3.68. The second kappa shape index (κ2) is 2.42. The maximum Gasteiger partial charge on any atom is 0.106 e. The van der Waals surface area contributed by atoms with Crippen LogP contribution in [0.5, 0.6) is 0 Å². The van der Waals surface area contributed by atoms with Crippen LogP contribution >= 0.6 is 0 Å². The Morgan fingerprint density at radius 1 is 1.36 bits per heavy atom. The molecule has 1 N–H and O–H groups in total. The summed E-state index contributed by atoms with van der Waals surface area (Å²) in [4.78, 5) is 0. The third-order valence-corrected chi connectivity index (χ3v) is 2.65. The lowest BCUT2D eigenvalue weighted by Gasteiger charge is -2.47. The molecule has 0 radical (unpaired) electrons. The van der Waals surface area contributed by atoms with Crippen LogP contribution in [0.2, 0.25) is 0 Å². The van der Waals surface area contributed by atoms with Gasteiger partial charge in [0, 0.05) is 25.9 Å². The normalized spacial score (nSPS) is 50.7. The molecule has 1 unspecified atom stereocenters. The highest BCUT2D eigenvalue weighted by molar-refractivity contribution is 4.99. The predicted octanol–water partition coefficient (Wildman–Crippen LogP) is 1.03. The molecule has 1 atom stereocenters. The Morgan fingerprint density at radius 2 is 2.09 bits per heavy atom. The van der Waals surface area contributed by atoms with E-state index in [0.717, 1.165) is 0 Å². The zero-order valence-corrected chi connectivity index (χ0v) is 6.42. The van der Waals surface area contributed by atoms with E-state index in [1.54, 1.807) is 0 Å². The summed E-state index contributed by atoms with van der Waals surface area (Å²) in [6.45, 7) is 0.591. The highest BCUT2D eigenvalue weighted by Gasteiger charge is 2.48. The highest BCUT2D eigenvalue weighted by Crippen LogP contribution is 2.43. The van der Waals surface area contributed by atoms with Gasteiger partial charge in [-0.2, -0.15) is 0 Å². The Hall–Kier alpha value is -0.150. The van der Waals surface area contributed by atoms with Crippen molar-refractivity contribution in [2.24, 2.45) is 0 Å². The lowest BCUT2D eigenvalue weighted by Crippen LogP contribution is -2.52. The molecule has 11 heavy (non-hydrogen) atoms. The molecule has 2 nitrogen and oxygen atoms in total. The van der Waals surface area contributed by atoms with Gasteiger partial charge in [0.15, 0.2) is 0 Å². The van der Waals surface area contributed by atoms with Gasteiger partial charge in [-0.25, -0.2) is 4.39 Å². The standard InChI is InChI=1S/C8H13FO2/c9-6-3-8(4-6)5-7(10)1-2-11-8/h6-7,10H,1-5H2. The van der Waals surface area contributed by atoms with E-state index in [0.29, 0.717) is 32.3 Å². The topological polar surface area (TPSA) is 29.5 Å². The maximum absolute atomic E-state index is 12.5. The van der Waals surface area contributed by atoms with Crippen molar-refractivity contribution in [1.82, 2.24) is 0 Å². The van der Waals surface area contributed by atoms with Crippen LogP contribution < -0.4 is 0 Å². The van der Waals surface area contributed by atoms with Crippen molar-refractivity contribution in [2.45, 2.75) is 43.6 Å². The summed E-state index contributed by atoms with van der Waals surface area (Å²) < 4.78 is 18.0. The molecule has 0 amide bonds. The number of aliphatic hydroxyl groups excluding tert-OH is 1. The van der Waals surface area contributed by atoms with Crippen molar-refractivity contribution in [1.29, 1.82) is 0 Å². The molecule has 1 spiro atoms. The maximum atomic E-state index is 12.5. The van der Waals surface area contributed by atoms with Gasteiger partial charge in [0.05, 0.1) is 11.7 Å². The summed E-state index contributed by atoms with van der Waals surface area (Å²) >= 11 is 0. The van der Waals surface area contributed by atoms with Crippen molar-refractivity contribution in [2.75, 3.05) is 6.61 Å². The number of rotatable bonds is 0. The van der Waals surface area contributed by atoms with Crippen molar-refractivity contribution >= 4 is 0 Å². The first kappa shape index (κ1) is 7.50. The van der Waals surface area contributed by atoms with Crippen LogP contribution in [-0.2, 0) is 4.74 Å². The number of halogens is 1. The quantitative estimate of drug-likeness (QED) is 0.573. The Morgan fingerprint density at radius 3 is 2.64 bits per heavy atom. The van der Waals surface area contributed by atoms with Crippen LogP contribution in [0.3, 0.4) is 0 Å². The molecule has 1 heterocycles. The zero-order chi connectivity index (χ0) is 7.90. The first-order chi connectivity index (χ1) is 5.20. The summed E-state index contributed by atoms with van der Waals surface area (Å²) in [5.74, 6) is 0. The fourth-order valence-corrected chi connectivity index (χ4v) is 2.03. The molecule has 3 heteroatoms. The van der Waals surface area contributed by atoms with Gasteiger partial charge in [-0.15, -0.1) is 0 Å². The fourth-order valence-electron chi connectivity index (χ4n) is 2.03. The Kier molecular flexibility index (Phi) is 1.65. The molecule has 64 valence electrons. The second-order valence-corrected chi connectivity index (χ2v) is 3.68. The summed E-state index contributed by atoms with van der Waals surface area (Å²) in [6, 6.07) is 0. The van der Waals surface area contributed by atoms with Gasteiger partial charge in [-0.3, -0.25) is 0 Å². The Bertz CT molecular complexity index is 149. The predicted molar refractivity (Wildman–Crippen MR) is 38.1 cm³/mol. The van der Waals surface area contributed by atoms with E-state index in [1.165, 1.54) is 0 Å². The molecule has 0 bridgehead atoms. The van der Waals surface area contributed by atoms with Crippen LogP contribution in [-0.4, -0.2) is 29.6 Å². The minimum absolute atomic E-state index is 0.267. The van der Waals surface area contributed by atoms with E-state index < -0.39 is 6.17 Å². The largest absolute Gasteiger partial charge is 0.393 e. The monoisotopic (exact) mass is 160 g/mol. The smallest absolute Gasteiger partial charge is 0.106 e. The minimum Gasteiger partial charge on any atom is -0.393 e. The molecule has 1 saturated heterocycles. The number of aliphatic hydroxyl groups is 1. The molecule has 0 aromatic rings. The van der Waals surface area contributed by atoms with Gasteiger partial charge in [-0.05, 0) is 6.42 Å². The molecular weight excluding hydrogens is 147 g/mol. The number of hydrogen-bond acceptors (Lipinski definition) is 2. The average molecular weight is 160 g/mol. The summed E-state index contributed by atoms with van der Waals surface area (Å²) in [5.41, 5.74) is -0.281. The van der Waals surface area contributed by atoms with Crippen molar-refractivity contribution < 1.29 is 14.2 Å². The number of hydrogen-bond donors (Lipinski definition) is 1. The van der Waals surface area contributed by atoms with Crippen molar-refractivity contribution in [3.8, 4) is 0 Å². The van der Waals surface area contributed by atoms with Crippen LogP contribution in [0.15, 0.2) is 0 Å². The molecule has 1 saturated carbocycles. The summed E-state index contributed by atoms with van der Waals surface area (Å²) in [7, 11) is 0. The van der Waals surface area contributed by atoms with Crippen LogP contribution in [0.25, 0.3) is 0 Å². The fraction of sp³-hybridized carbons (Fsp3) is 1.00. The van der Waals surface area contributed by atoms with Crippen LogP contribution in [0.4, 0.5) is 4.39 Å². The minimum atomic E-state index is -0.694. The van der Waals surface area contributed by atoms with Crippen molar-refractivity contribution in [3.63, 3.8) is 0 Å². The van der Waals surface area contributed by atoms with Gasteiger partial charge in [-0.1, -0.05) is 0 Å². The number of alkyl halides is 1. The highest BCUT2D eigenvalue weighted by atomic mass is 19.1. The third kappa shape index (κ3) is 1.27. The Labute approximate surface area is 65.4 Å². The van der Waals surface area contributed by atoms with Gasteiger partial charge in [0.2, 0.25) is 0 Å². The average Bonchev–Trinajstić information content (AvgIpc) is 1.84. The summed E-state index contributed by atoms with van der Waals surface area (Å²) in [5, 5.41) is 9.29. The van der Waals surface area contributed by atoms with Gasteiger partial charge >= 0.3 is 0 Å². The summed E-state index contributed by atoms with van der Waals surface area (Å²) in [6.07, 6.45) is 1.36. The van der Waals surface area contributed by atoms with Crippen molar-refractivity contribution in [3.05, 3.63) is 0 Å². The molecule has 2 fully saturated rings. The molecular formula is C8H13FO2. The van der Waals surface area contributed by atoms with E-state index in [9.17, 15) is 9.50 Å². The SMILES string of the molecule is OC1CCOC2(C1)CC(F)C2.